The quantitative estimate of drug-likeness (QED) is 0.444. The van der Waals surface area contributed by atoms with Crippen molar-refractivity contribution in [2.75, 3.05) is 7.05 Å². The van der Waals surface area contributed by atoms with Crippen molar-refractivity contribution >= 4 is 5.97 Å². The van der Waals surface area contributed by atoms with Crippen LogP contribution in [-0.2, 0) is 9.53 Å². The van der Waals surface area contributed by atoms with Crippen molar-refractivity contribution in [2.24, 2.45) is 5.92 Å². The molecule has 0 aliphatic carbocycles. The minimum atomic E-state index is -0.301. The van der Waals surface area contributed by atoms with E-state index < -0.39 is 0 Å². The Kier molecular flexibility index (Phi) is 4.62. The highest BCUT2D eigenvalue weighted by atomic mass is 16.5. The number of carbonyl (C=O) groups excluding carboxylic acids is 1. The van der Waals surface area contributed by atoms with Crippen molar-refractivity contribution in [1.82, 2.24) is 4.90 Å². The summed E-state index contributed by atoms with van der Waals surface area (Å²) in [6, 6.07) is 0. The van der Waals surface area contributed by atoms with Crippen LogP contribution < -0.4 is 0 Å². The van der Waals surface area contributed by atoms with Crippen molar-refractivity contribution in [2.45, 2.75) is 58.5 Å². The highest BCUT2D eigenvalue weighted by Crippen LogP contribution is 2.40. The first-order chi connectivity index (χ1) is 8.60. The molecule has 1 fully saturated rings. The molecule has 19 heavy (non-hydrogen) atoms. The third-order valence-electron chi connectivity index (χ3n) is 4.34. The van der Waals surface area contributed by atoms with E-state index in [1.807, 2.05) is 6.92 Å². The minimum absolute atomic E-state index is 0.130. The molecule has 1 aliphatic heterocycles. The standard InChI is InChI=1S/C16H27NO2/c1-8-19-14(18)12(2)9-13-10-15(3,4)17(7)16(5,6)11-13/h8-9,13H,1,10-11H2,2-7H3/b12-9+. The molecule has 0 aromatic carbocycles. The van der Waals surface area contributed by atoms with E-state index in [9.17, 15) is 4.79 Å². The molecule has 0 atom stereocenters. The Morgan fingerprint density at radius 3 is 2.16 bits per heavy atom. The molecule has 0 aromatic rings. The van der Waals surface area contributed by atoms with Gasteiger partial charge >= 0.3 is 5.97 Å². The molecule has 0 saturated carbocycles. The number of nitrogens with zero attached hydrogens (tertiary/aromatic N) is 1. The summed E-state index contributed by atoms with van der Waals surface area (Å²) in [6.45, 7) is 14.2. The summed E-state index contributed by atoms with van der Waals surface area (Å²) in [4.78, 5) is 14.1. The Morgan fingerprint density at radius 1 is 1.26 bits per heavy atom. The number of carbonyl (C=O) groups is 1. The van der Waals surface area contributed by atoms with E-state index in [4.69, 9.17) is 4.74 Å². The van der Waals surface area contributed by atoms with Gasteiger partial charge in [0.25, 0.3) is 0 Å². The molecule has 0 amide bonds. The summed E-state index contributed by atoms with van der Waals surface area (Å²) in [5, 5.41) is 0. The molecule has 0 radical (unpaired) electrons. The van der Waals surface area contributed by atoms with Crippen LogP contribution in [-0.4, -0.2) is 29.0 Å². The van der Waals surface area contributed by atoms with E-state index in [2.05, 4.69) is 52.3 Å². The SMILES string of the molecule is C=COC(=O)/C(C)=C/C1CC(C)(C)N(C)C(C)(C)C1. The van der Waals surface area contributed by atoms with Crippen LogP contribution in [0.25, 0.3) is 0 Å². The molecule has 0 bridgehead atoms. The van der Waals surface area contributed by atoms with Gasteiger partial charge in [-0.25, -0.2) is 4.79 Å². The third kappa shape index (κ3) is 3.69. The molecule has 3 nitrogen and oxygen atoms in total. The molecule has 1 aliphatic rings. The second-order valence-corrected chi connectivity index (χ2v) is 6.77. The smallest absolute Gasteiger partial charge is 0.338 e. The number of esters is 1. The maximum absolute atomic E-state index is 11.6. The normalized spacial score (nSPS) is 24.0. The monoisotopic (exact) mass is 265 g/mol. The number of hydrogen-bond acceptors (Lipinski definition) is 3. The summed E-state index contributed by atoms with van der Waals surface area (Å²) in [5.74, 6) is 0.100. The second kappa shape index (κ2) is 5.49. The molecule has 108 valence electrons. The number of hydrogen-bond donors (Lipinski definition) is 0. The van der Waals surface area contributed by atoms with Gasteiger partial charge in [0, 0.05) is 16.7 Å². The van der Waals surface area contributed by atoms with E-state index >= 15 is 0 Å². The van der Waals surface area contributed by atoms with Crippen molar-refractivity contribution in [3.05, 3.63) is 24.5 Å². The Morgan fingerprint density at radius 2 is 1.74 bits per heavy atom. The van der Waals surface area contributed by atoms with Gasteiger partial charge in [-0.3, -0.25) is 4.90 Å². The Bertz CT molecular complexity index is 376. The zero-order valence-electron chi connectivity index (χ0n) is 13.1. The van der Waals surface area contributed by atoms with Gasteiger partial charge in [-0.1, -0.05) is 12.7 Å². The molecule has 1 rings (SSSR count). The third-order valence-corrected chi connectivity index (χ3v) is 4.34. The molecular weight excluding hydrogens is 238 g/mol. The van der Waals surface area contributed by atoms with Crippen LogP contribution in [0.1, 0.15) is 47.5 Å². The van der Waals surface area contributed by atoms with E-state index in [1.54, 1.807) is 0 Å². The van der Waals surface area contributed by atoms with Gasteiger partial charge in [-0.05, 0) is 60.4 Å². The number of ether oxygens (including phenoxy) is 1. The van der Waals surface area contributed by atoms with E-state index in [-0.39, 0.29) is 17.0 Å². The lowest BCUT2D eigenvalue weighted by Crippen LogP contribution is -2.58. The fraction of sp³-hybridized carbons (Fsp3) is 0.688. The number of likely N-dealkylation sites (tertiary alicyclic amines) is 1. The van der Waals surface area contributed by atoms with E-state index in [0.717, 1.165) is 12.8 Å². The van der Waals surface area contributed by atoms with Crippen LogP contribution in [0, 0.1) is 5.92 Å². The molecule has 0 N–H and O–H groups in total. The van der Waals surface area contributed by atoms with Gasteiger partial charge in [0.2, 0.25) is 0 Å². The van der Waals surface area contributed by atoms with Crippen LogP contribution >= 0.6 is 0 Å². The Hall–Kier alpha value is -1.09. The average molecular weight is 265 g/mol. The molecular formula is C16H27NO2. The summed E-state index contributed by atoms with van der Waals surface area (Å²) in [7, 11) is 2.18. The van der Waals surface area contributed by atoms with Crippen LogP contribution in [0.3, 0.4) is 0 Å². The van der Waals surface area contributed by atoms with Crippen molar-refractivity contribution in [1.29, 1.82) is 0 Å². The topological polar surface area (TPSA) is 29.5 Å². The lowest BCUT2D eigenvalue weighted by atomic mass is 9.73. The van der Waals surface area contributed by atoms with Crippen LogP contribution in [0.4, 0.5) is 0 Å². The molecule has 3 heteroatoms. The van der Waals surface area contributed by atoms with Crippen LogP contribution in [0.15, 0.2) is 24.5 Å². The van der Waals surface area contributed by atoms with Gasteiger partial charge in [0.05, 0.1) is 6.26 Å². The number of piperidine rings is 1. The largest absolute Gasteiger partial charge is 0.432 e. The van der Waals surface area contributed by atoms with Gasteiger partial charge in [0.15, 0.2) is 0 Å². The van der Waals surface area contributed by atoms with Crippen LogP contribution in [0.5, 0.6) is 0 Å². The molecule has 0 spiro atoms. The van der Waals surface area contributed by atoms with E-state index in [1.165, 1.54) is 6.26 Å². The highest BCUT2D eigenvalue weighted by molar-refractivity contribution is 5.88. The fourth-order valence-corrected chi connectivity index (χ4v) is 3.16. The van der Waals surface area contributed by atoms with Crippen LogP contribution in [0.2, 0.25) is 0 Å². The predicted molar refractivity (Wildman–Crippen MR) is 78.7 cm³/mol. The Balaban J connectivity index is 2.89. The highest BCUT2D eigenvalue weighted by Gasteiger charge is 2.42. The maximum Gasteiger partial charge on any atom is 0.338 e. The lowest BCUT2D eigenvalue weighted by Gasteiger charge is -2.53. The first kappa shape index (κ1) is 16.0. The lowest BCUT2D eigenvalue weighted by molar-refractivity contribution is -0.133. The zero-order chi connectivity index (χ0) is 14.8. The summed E-state index contributed by atoms with van der Waals surface area (Å²) >= 11 is 0. The molecule has 0 unspecified atom stereocenters. The average Bonchev–Trinajstić information content (AvgIpc) is 2.25. The molecule has 1 saturated heterocycles. The van der Waals surface area contributed by atoms with Gasteiger partial charge in [-0.15, -0.1) is 0 Å². The number of rotatable bonds is 3. The molecule has 1 heterocycles. The van der Waals surface area contributed by atoms with E-state index in [0.29, 0.717) is 11.5 Å². The fourth-order valence-electron chi connectivity index (χ4n) is 3.16. The summed E-state index contributed by atoms with van der Waals surface area (Å²) in [5.41, 5.74) is 0.929. The second-order valence-electron chi connectivity index (χ2n) is 6.77. The van der Waals surface area contributed by atoms with Crippen molar-refractivity contribution < 1.29 is 9.53 Å². The summed E-state index contributed by atoms with van der Waals surface area (Å²) < 4.78 is 4.82. The zero-order valence-corrected chi connectivity index (χ0v) is 13.1. The van der Waals surface area contributed by atoms with Gasteiger partial charge in [0.1, 0.15) is 0 Å². The van der Waals surface area contributed by atoms with Gasteiger partial charge < -0.3 is 4.74 Å². The molecule has 0 aromatic heterocycles. The van der Waals surface area contributed by atoms with Crippen molar-refractivity contribution in [3.63, 3.8) is 0 Å². The summed E-state index contributed by atoms with van der Waals surface area (Å²) in [6.07, 6.45) is 5.34. The maximum atomic E-state index is 11.6. The minimum Gasteiger partial charge on any atom is -0.432 e. The Labute approximate surface area is 117 Å². The number of allylic oxidation sites excluding steroid dienone is 1. The predicted octanol–water partition coefficient (Wildman–Crippen LogP) is 3.52. The van der Waals surface area contributed by atoms with Crippen molar-refractivity contribution in [3.8, 4) is 0 Å². The van der Waals surface area contributed by atoms with Gasteiger partial charge in [-0.2, -0.15) is 0 Å². The first-order valence-electron chi connectivity index (χ1n) is 6.84. The first-order valence-corrected chi connectivity index (χ1v) is 6.84.